The lowest BCUT2D eigenvalue weighted by Crippen LogP contribution is -2.48. The summed E-state index contributed by atoms with van der Waals surface area (Å²) in [5, 5.41) is 0.193. The first-order valence-corrected chi connectivity index (χ1v) is 15.0. The van der Waals surface area contributed by atoms with Crippen molar-refractivity contribution in [1.82, 2.24) is 0 Å². The molecule has 0 spiro atoms. The smallest absolute Gasteiger partial charge is 0.250 e. The van der Waals surface area contributed by atoms with Gasteiger partial charge in [0, 0.05) is 13.0 Å². The average Bonchev–Trinajstić information content (AvgIpc) is 2.64. The molecule has 176 valence electrons. The third-order valence-corrected chi connectivity index (χ3v) is 13.5. The molecule has 0 amide bonds. The second-order valence-corrected chi connectivity index (χ2v) is 17.2. The number of rotatable bonds is 5. The van der Waals surface area contributed by atoms with Gasteiger partial charge in [-0.2, -0.15) is 0 Å². The molecule has 31 heavy (non-hydrogen) atoms. The van der Waals surface area contributed by atoms with E-state index in [4.69, 9.17) is 13.9 Å². The molecule has 4 heteroatoms. The van der Waals surface area contributed by atoms with Crippen LogP contribution in [0.1, 0.15) is 67.2 Å². The van der Waals surface area contributed by atoms with Crippen molar-refractivity contribution < 1.29 is 13.9 Å². The summed E-state index contributed by atoms with van der Waals surface area (Å²) in [4.78, 5) is 0. The van der Waals surface area contributed by atoms with Gasteiger partial charge in [0.2, 0.25) is 8.32 Å². The predicted molar refractivity (Wildman–Crippen MR) is 132 cm³/mol. The molecule has 0 aliphatic heterocycles. The highest BCUT2D eigenvalue weighted by atomic mass is 28.4. The first-order valence-electron chi connectivity index (χ1n) is 12.1. The minimum absolute atomic E-state index is 0.0853. The number of methoxy groups -OCH3 is 1. The van der Waals surface area contributed by atoms with Gasteiger partial charge in [-0.15, -0.1) is 0 Å². The highest BCUT2D eigenvalue weighted by molar-refractivity contribution is 6.74. The standard InChI is InChI=1S/C27H46O3Si/c1-19-21-17-22-24(30-31(9,10)25(2,3)4)12-11-20(26(22,5)6)13-15-27(21,7)16-14-23(19)29-18-28-8/h12-13,15,20-23H,1,11,14,16-18H2,2-10H3/b15-13-/t20-,21-,22-,23+,27-/m1/s1. The Kier molecular flexibility index (Phi) is 6.80. The van der Waals surface area contributed by atoms with Crippen molar-refractivity contribution in [2.75, 3.05) is 13.9 Å². The highest BCUT2D eigenvalue weighted by Crippen LogP contribution is 2.57. The van der Waals surface area contributed by atoms with E-state index in [0.29, 0.717) is 24.5 Å². The van der Waals surface area contributed by atoms with Gasteiger partial charge in [-0.1, -0.05) is 60.3 Å². The second kappa shape index (κ2) is 8.50. The van der Waals surface area contributed by atoms with Gasteiger partial charge in [0.25, 0.3) is 0 Å². The summed E-state index contributed by atoms with van der Waals surface area (Å²) in [6.07, 6.45) is 11.8. The van der Waals surface area contributed by atoms with Crippen LogP contribution in [0.2, 0.25) is 18.1 Å². The number of hydrogen-bond donors (Lipinski definition) is 0. The van der Waals surface area contributed by atoms with E-state index >= 15 is 0 Å². The highest BCUT2D eigenvalue weighted by Gasteiger charge is 2.51. The Morgan fingerprint density at radius 1 is 1.16 bits per heavy atom. The summed E-state index contributed by atoms with van der Waals surface area (Å²) in [5.41, 5.74) is 1.53. The van der Waals surface area contributed by atoms with Crippen LogP contribution in [0, 0.1) is 28.6 Å². The maximum Gasteiger partial charge on any atom is 0.250 e. The van der Waals surface area contributed by atoms with Gasteiger partial charge in [-0.05, 0) is 78.1 Å². The van der Waals surface area contributed by atoms with Gasteiger partial charge in [-0.3, -0.25) is 0 Å². The molecule has 0 unspecified atom stereocenters. The van der Waals surface area contributed by atoms with E-state index in [1.54, 1.807) is 7.11 Å². The molecule has 3 aliphatic rings. The summed E-state index contributed by atoms with van der Waals surface area (Å²) < 4.78 is 18.2. The molecule has 3 nitrogen and oxygen atoms in total. The third kappa shape index (κ3) is 4.63. The molecule has 3 rings (SSSR count). The van der Waals surface area contributed by atoms with Crippen LogP contribution in [-0.4, -0.2) is 28.3 Å². The van der Waals surface area contributed by atoms with Crippen LogP contribution >= 0.6 is 0 Å². The van der Waals surface area contributed by atoms with E-state index in [1.807, 2.05) is 0 Å². The second-order valence-electron chi connectivity index (χ2n) is 12.5. The molecule has 0 N–H and O–H groups in total. The van der Waals surface area contributed by atoms with Gasteiger partial charge >= 0.3 is 0 Å². The zero-order valence-corrected chi connectivity index (χ0v) is 22.5. The molecular formula is C27H46O3Si. The van der Waals surface area contributed by atoms with Gasteiger partial charge in [0.1, 0.15) is 6.79 Å². The van der Waals surface area contributed by atoms with Gasteiger partial charge < -0.3 is 13.9 Å². The number of fused-ring (bicyclic) bond motifs is 3. The number of ether oxygens (including phenoxy) is 2. The van der Waals surface area contributed by atoms with Gasteiger partial charge in [0.15, 0.2) is 0 Å². The quantitative estimate of drug-likeness (QED) is 0.249. The lowest BCUT2D eigenvalue weighted by molar-refractivity contribution is -0.0791. The fraction of sp³-hybridized carbons (Fsp3) is 0.778. The minimum Gasteiger partial charge on any atom is -0.547 e. The molecule has 0 aromatic carbocycles. The fourth-order valence-corrected chi connectivity index (χ4v) is 6.72. The molecule has 2 bridgehead atoms. The zero-order valence-electron chi connectivity index (χ0n) is 21.5. The van der Waals surface area contributed by atoms with Crippen molar-refractivity contribution in [3.8, 4) is 0 Å². The first-order chi connectivity index (χ1) is 14.2. The Labute approximate surface area is 192 Å². The van der Waals surface area contributed by atoms with Crippen LogP contribution in [0.5, 0.6) is 0 Å². The fourth-order valence-electron chi connectivity index (χ4n) is 5.60. The molecule has 0 aromatic heterocycles. The van der Waals surface area contributed by atoms with E-state index in [-0.39, 0.29) is 22.0 Å². The topological polar surface area (TPSA) is 27.7 Å². The van der Waals surface area contributed by atoms with Crippen LogP contribution in [0.3, 0.4) is 0 Å². The minimum atomic E-state index is -1.90. The lowest BCUT2D eigenvalue weighted by Gasteiger charge is -2.53. The van der Waals surface area contributed by atoms with E-state index in [1.165, 1.54) is 11.3 Å². The maximum absolute atomic E-state index is 7.00. The summed E-state index contributed by atoms with van der Waals surface area (Å²) in [6.45, 7) is 24.0. The summed E-state index contributed by atoms with van der Waals surface area (Å²) in [7, 11) is -0.211. The summed E-state index contributed by atoms with van der Waals surface area (Å²) in [5.74, 6) is 2.58. The van der Waals surface area contributed by atoms with Crippen molar-refractivity contribution in [2.24, 2.45) is 28.6 Å². The van der Waals surface area contributed by atoms with E-state index in [2.05, 4.69) is 79.4 Å². The van der Waals surface area contributed by atoms with E-state index in [0.717, 1.165) is 25.7 Å². The average molecular weight is 447 g/mol. The van der Waals surface area contributed by atoms with Crippen molar-refractivity contribution in [3.63, 3.8) is 0 Å². The van der Waals surface area contributed by atoms with E-state index < -0.39 is 8.32 Å². The molecule has 1 saturated carbocycles. The van der Waals surface area contributed by atoms with Crippen molar-refractivity contribution in [3.05, 3.63) is 36.1 Å². The summed E-state index contributed by atoms with van der Waals surface area (Å²) >= 11 is 0. The SMILES string of the molecule is C=C1[C@@H](OCOC)CC[C@@]2(C)/C=C\[C@H]3CC=C(O[Si](C)(C)C(C)(C)C)[C@@H](C[C@H]12)C3(C)C. The van der Waals surface area contributed by atoms with Crippen LogP contribution < -0.4 is 0 Å². The first kappa shape index (κ1) is 24.8. The van der Waals surface area contributed by atoms with Crippen molar-refractivity contribution in [2.45, 2.75) is 91.5 Å². The number of allylic oxidation sites excluding steroid dienone is 4. The normalized spacial score (nSPS) is 36.7. The molecule has 3 aliphatic carbocycles. The molecule has 0 saturated heterocycles. The molecule has 0 aromatic rings. The Morgan fingerprint density at radius 2 is 1.84 bits per heavy atom. The van der Waals surface area contributed by atoms with Crippen LogP contribution in [0.15, 0.2) is 36.1 Å². The molecule has 0 heterocycles. The van der Waals surface area contributed by atoms with Crippen LogP contribution in [0.25, 0.3) is 0 Å². The Balaban J connectivity index is 1.97. The zero-order chi connectivity index (χ0) is 23.2. The maximum atomic E-state index is 7.00. The van der Waals surface area contributed by atoms with Crippen LogP contribution in [0.4, 0.5) is 0 Å². The van der Waals surface area contributed by atoms with E-state index in [9.17, 15) is 0 Å². The Bertz CT molecular complexity index is 742. The summed E-state index contributed by atoms with van der Waals surface area (Å²) in [6, 6.07) is 0. The van der Waals surface area contributed by atoms with Crippen molar-refractivity contribution >= 4 is 8.32 Å². The lowest BCUT2D eigenvalue weighted by atomic mass is 9.54. The van der Waals surface area contributed by atoms with Gasteiger partial charge in [0.05, 0.1) is 11.9 Å². The number of hydrogen-bond acceptors (Lipinski definition) is 3. The van der Waals surface area contributed by atoms with Crippen LogP contribution in [-0.2, 0) is 13.9 Å². The predicted octanol–water partition coefficient (Wildman–Crippen LogP) is 7.48. The molecule has 5 atom stereocenters. The monoisotopic (exact) mass is 446 g/mol. The molecule has 0 radical (unpaired) electrons. The largest absolute Gasteiger partial charge is 0.547 e. The molecule has 1 fully saturated rings. The third-order valence-electron chi connectivity index (χ3n) is 9.12. The van der Waals surface area contributed by atoms with Gasteiger partial charge in [-0.25, -0.2) is 0 Å². The Hall–Kier alpha value is -0.843. The Morgan fingerprint density at radius 3 is 2.45 bits per heavy atom. The van der Waals surface area contributed by atoms with Crippen molar-refractivity contribution in [1.29, 1.82) is 0 Å². The molecular weight excluding hydrogens is 400 g/mol.